The molecule has 0 spiro atoms. The van der Waals surface area contributed by atoms with E-state index in [0.717, 1.165) is 31.7 Å². The van der Waals surface area contributed by atoms with Gasteiger partial charge in [0, 0.05) is 5.92 Å². The first-order valence-electron chi connectivity index (χ1n) is 6.11. The van der Waals surface area contributed by atoms with Crippen molar-refractivity contribution >= 4 is 5.78 Å². The maximum atomic E-state index is 13.5. The summed E-state index contributed by atoms with van der Waals surface area (Å²) in [4.78, 5) is 12.1. The van der Waals surface area contributed by atoms with Gasteiger partial charge in [-0.1, -0.05) is 19.4 Å². The van der Waals surface area contributed by atoms with E-state index in [2.05, 4.69) is 6.92 Å². The number of Topliss-reactive ketones (excluding diaryl/α,β-unsaturated/α-hetero) is 1. The summed E-state index contributed by atoms with van der Waals surface area (Å²) in [6, 6.07) is 3.80. The zero-order chi connectivity index (χ0) is 12.4. The molecule has 0 amide bonds. The van der Waals surface area contributed by atoms with Gasteiger partial charge in [-0.25, -0.2) is 8.78 Å². The van der Waals surface area contributed by atoms with E-state index >= 15 is 0 Å². The summed E-state index contributed by atoms with van der Waals surface area (Å²) in [5.41, 5.74) is -0.0910. The van der Waals surface area contributed by atoms with Crippen molar-refractivity contribution in [1.82, 2.24) is 0 Å². The van der Waals surface area contributed by atoms with Gasteiger partial charge in [0.15, 0.2) is 17.4 Å². The summed E-state index contributed by atoms with van der Waals surface area (Å²) in [5.74, 6) is -1.76. The number of ketones is 1. The molecule has 1 fully saturated rings. The van der Waals surface area contributed by atoms with Crippen LogP contribution in [0.4, 0.5) is 8.78 Å². The zero-order valence-electron chi connectivity index (χ0n) is 9.88. The molecule has 0 N–H and O–H groups in total. The minimum atomic E-state index is -1.00. The molecule has 1 aliphatic carbocycles. The van der Waals surface area contributed by atoms with E-state index in [9.17, 15) is 13.6 Å². The Kier molecular flexibility index (Phi) is 3.55. The number of benzene rings is 1. The van der Waals surface area contributed by atoms with Crippen molar-refractivity contribution < 1.29 is 13.6 Å². The number of hydrogen-bond acceptors (Lipinski definition) is 1. The molecule has 0 radical (unpaired) electrons. The van der Waals surface area contributed by atoms with Crippen LogP contribution < -0.4 is 0 Å². The van der Waals surface area contributed by atoms with Crippen LogP contribution in [0.2, 0.25) is 0 Å². The lowest BCUT2D eigenvalue weighted by Crippen LogP contribution is -2.14. The van der Waals surface area contributed by atoms with Crippen LogP contribution in [0.15, 0.2) is 18.2 Å². The van der Waals surface area contributed by atoms with Gasteiger partial charge in [0.05, 0.1) is 5.56 Å². The van der Waals surface area contributed by atoms with Crippen molar-refractivity contribution in [3.8, 4) is 0 Å². The topological polar surface area (TPSA) is 17.1 Å². The van der Waals surface area contributed by atoms with E-state index in [1.165, 1.54) is 12.1 Å². The first kappa shape index (κ1) is 12.2. The van der Waals surface area contributed by atoms with Gasteiger partial charge < -0.3 is 0 Å². The fraction of sp³-hybridized carbons (Fsp3) is 0.500. The standard InChI is InChI=1S/C14H16F2O/c1-2-9-6-7-10(8-9)14(17)11-4-3-5-12(15)13(11)16/h3-5,9-10H,2,6-8H2,1H3. The Bertz CT molecular complexity index is 428. The summed E-state index contributed by atoms with van der Waals surface area (Å²) in [7, 11) is 0. The Hall–Kier alpha value is -1.25. The van der Waals surface area contributed by atoms with Crippen molar-refractivity contribution in [3.05, 3.63) is 35.4 Å². The smallest absolute Gasteiger partial charge is 0.169 e. The highest BCUT2D eigenvalue weighted by Crippen LogP contribution is 2.35. The minimum absolute atomic E-state index is 0.0910. The maximum absolute atomic E-state index is 13.5. The third-order valence-electron chi connectivity index (χ3n) is 3.71. The first-order valence-corrected chi connectivity index (χ1v) is 6.11. The third-order valence-corrected chi connectivity index (χ3v) is 3.71. The van der Waals surface area contributed by atoms with E-state index in [4.69, 9.17) is 0 Å². The second-order valence-corrected chi connectivity index (χ2v) is 4.75. The van der Waals surface area contributed by atoms with Crippen LogP contribution in [0.1, 0.15) is 43.0 Å². The van der Waals surface area contributed by atoms with Crippen LogP contribution in [0.5, 0.6) is 0 Å². The van der Waals surface area contributed by atoms with Gasteiger partial charge in [-0.3, -0.25) is 4.79 Å². The second-order valence-electron chi connectivity index (χ2n) is 4.75. The second kappa shape index (κ2) is 4.94. The van der Waals surface area contributed by atoms with Crippen molar-refractivity contribution in [2.75, 3.05) is 0 Å². The number of rotatable bonds is 3. The molecule has 1 aromatic rings. The predicted molar refractivity (Wildman–Crippen MR) is 61.8 cm³/mol. The summed E-state index contributed by atoms with van der Waals surface area (Å²) < 4.78 is 26.5. The van der Waals surface area contributed by atoms with Gasteiger partial charge in [-0.15, -0.1) is 0 Å². The maximum Gasteiger partial charge on any atom is 0.169 e. The van der Waals surface area contributed by atoms with Gasteiger partial charge in [-0.2, -0.15) is 0 Å². The van der Waals surface area contributed by atoms with Crippen molar-refractivity contribution in [1.29, 1.82) is 0 Å². The van der Waals surface area contributed by atoms with E-state index in [0.29, 0.717) is 5.92 Å². The van der Waals surface area contributed by atoms with Crippen LogP contribution in [-0.4, -0.2) is 5.78 Å². The largest absolute Gasteiger partial charge is 0.294 e. The van der Waals surface area contributed by atoms with E-state index < -0.39 is 11.6 Å². The molecule has 0 bridgehead atoms. The third kappa shape index (κ3) is 2.38. The molecule has 0 aromatic heterocycles. The van der Waals surface area contributed by atoms with E-state index in [-0.39, 0.29) is 17.3 Å². The highest BCUT2D eigenvalue weighted by atomic mass is 19.2. The van der Waals surface area contributed by atoms with E-state index in [1.54, 1.807) is 0 Å². The molecule has 0 saturated heterocycles. The molecule has 17 heavy (non-hydrogen) atoms. The molecule has 2 unspecified atom stereocenters. The lowest BCUT2D eigenvalue weighted by molar-refractivity contribution is 0.0914. The average Bonchev–Trinajstić information content (AvgIpc) is 2.80. The molecular formula is C14H16F2O. The summed E-state index contributed by atoms with van der Waals surface area (Å²) in [5, 5.41) is 0. The Morgan fingerprint density at radius 3 is 2.76 bits per heavy atom. The lowest BCUT2D eigenvalue weighted by Gasteiger charge is -2.10. The quantitative estimate of drug-likeness (QED) is 0.728. The highest BCUT2D eigenvalue weighted by molar-refractivity contribution is 5.98. The Labute approximate surface area is 99.8 Å². The number of hydrogen-bond donors (Lipinski definition) is 0. The summed E-state index contributed by atoms with van der Waals surface area (Å²) >= 11 is 0. The number of carbonyl (C=O) groups is 1. The first-order chi connectivity index (χ1) is 8.13. The molecule has 0 heterocycles. The zero-order valence-corrected chi connectivity index (χ0v) is 9.88. The van der Waals surface area contributed by atoms with Gasteiger partial charge in [0.1, 0.15) is 0 Å². The lowest BCUT2D eigenvalue weighted by atomic mass is 9.94. The van der Waals surface area contributed by atoms with Gasteiger partial charge in [-0.05, 0) is 37.3 Å². The van der Waals surface area contributed by atoms with Crippen molar-refractivity contribution in [2.45, 2.75) is 32.6 Å². The summed E-state index contributed by atoms with van der Waals surface area (Å²) in [6.45, 7) is 2.10. The van der Waals surface area contributed by atoms with Crippen molar-refractivity contribution in [2.24, 2.45) is 11.8 Å². The van der Waals surface area contributed by atoms with Crippen LogP contribution in [0.3, 0.4) is 0 Å². The van der Waals surface area contributed by atoms with Crippen molar-refractivity contribution in [3.63, 3.8) is 0 Å². The predicted octanol–water partition coefficient (Wildman–Crippen LogP) is 3.97. The molecule has 0 aliphatic heterocycles. The van der Waals surface area contributed by atoms with Crippen LogP contribution in [0.25, 0.3) is 0 Å². The molecule has 2 rings (SSSR count). The Morgan fingerprint density at radius 1 is 1.35 bits per heavy atom. The van der Waals surface area contributed by atoms with Crippen LogP contribution >= 0.6 is 0 Å². The molecule has 2 atom stereocenters. The molecule has 1 saturated carbocycles. The fourth-order valence-corrected chi connectivity index (χ4v) is 2.60. The SMILES string of the molecule is CCC1CCC(C(=O)c2cccc(F)c2F)C1. The molecule has 1 nitrogen and oxygen atoms in total. The average molecular weight is 238 g/mol. The monoisotopic (exact) mass is 238 g/mol. The highest BCUT2D eigenvalue weighted by Gasteiger charge is 2.31. The molecule has 1 aliphatic rings. The normalized spacial score (nSPS) is 23.9. The molecular weight excluding hydrogens is 222 g/mol. The summed E-state index contributed by atoms with van der Waals surface area (Å²) in [6.07, 6.45) is 3.68. The number of carbonyl (C=O) groups excluding carboxylic acids is 1. The van der Waals surface area contributed by atoms with Crippen LogP contribution in [-0.2, 0) is 0 Å². The molecule has 92 valence electrons. The molecule has 3 heteroatoms. The van der Waals surface area contributed by atoms with Gasteiger partial charge in [0.25, 0.3) is 0 Å². The fourth-order valence-electron chi connectivity index (χ4n) is 2.60. The van der Waals surface area contributed by atoms with Crippen LogP contribution in [0, 0.1) is 23.5 Å². The van der Waals surface area contributed by atoms with E-state index in [1.807, 2.05) is 0 Å². The number of halogens is 2. The molecule has 1 aromatic carbocycles. The van der Waals surface area contributed by atoms with Gasteiger partial charge >= 0.3 is 0 Å². The minimum Gasteiger partial charge on any atom is -0.294 e. The Balaban J connectivity index is 2.18. The Morgan fingerprint density at radius 2 is 2.12 bits per heavy atom. The van der Waals surface area contributed by atoms with Gasteiger partial charge in [0.2, 0.25) is 0 Å².